The molecule has 0 spiro atoms. The van der Waals surface area contributed by atoms with E-state index < -0.39 is 0 Å². The Labute approximate surface area is 70.1 Å². The number of rotatable bonds is 4. The number of nitrogens with two attached hydrogens (primary N) is 1. The van der Waals surface area contributed by atoms with Crippen LogP contribution < -0.4 is 16.3 Å². The minimum atomic E-state index is -0.338. The molecule has 1 heterocycles. The fourth-order valence-corrected chi connectivity index (χ4v) is 0.965. The molecule has 0 bridgehead atoms. The van der Waals surface area contributed by atoms with Gasteiger partial charge in [-0.3, -0.25) is 0 Å². The Morgan fingerprint density at radius 2 is 2.50 bits per heavy atom. The maximum absolute atomic E-state index is 11.0. The summed E-state index contributed by atoms with van der Waals surface area (Å²) in [5.41, 5.74) is 5.54. The van der Waals surface area contributed by atoms with Crippen LogP contribution in [-0.2, 0) is 0 Å². The van der Waals surface area contributed by atoms with Crippen LogP contribution in [0.1, 0.15) is 6.42 Å². The van der Waals surface area contributed by atoms with Gasteiger partial charge in [0.2, 0.25) is 0 Å². The fourth-order valence-electron chi connectivity index (χ4n) is 0.965. The average molecular weight is 171 g/mol. The first-order chi connectivity index (χ1) is 5.75. The first kappa shape index (κ1) is 8.86. The molecule has 5 heteroatoms. The molecule has 12 heavy (non-hydrogen) atoms. The van der Waals surface area contributed by atoms with Crippen molar-refractivity contribution in [1.29, 1.82) is 0 Å². The van der Waals surface area contributed by atoms with Crippen LogP contribution in [0.4, 0.5) is 5.69 Å². The van der Waals surface area contributed by atoms with Gasteiger partial charge >= 0.3 is 5.63 Å². The van der Waals surface area contributed by atoms with E-state index in [1.54, 1.807) is 6.20 Å². The molecule has 0 unspecified atom stereocenters. The molecule has 0 radical (unpaired) electrons. The summed E-state index contributed by atoms with van der Waals surface area (Å²) in [4.78, 5) is 12.8. The molecule has 0 aliphatic heterocycles. The number of hydrogen-bond donors (Lipinski definition) is 2. The van der Waals surface area contributed by atoms with Gasteiger partial charge in [0.05, 0.1) is 6.20 Å². The lowest BCUT2D eigenvalue weighted by Crippen LogP contribution is -2.24. The summed E-state index contributed by atoms with van der Waals surface area (Å²) in [6.45, 7) is 1.39. The Morgan fingerprint density at radius 3 is 3.00 bits per heavy atom. The Bertz CT molecular complexity index is 278. The number of anilines is 1. The zero-order chi connectivity index (χ0) is 8.97. The molecule has 3 N–H and O–H groups in total. The molecule has 1 rings (SSSR count). The van der Waals surface area contributed by atoms with E-state index in [2.05, 4.69) is 9.68 Å². The molecule has 1 aromatic rings. The normalized spacial score (nSPS) is 10.2. The quantitative estimate of drug-likeness (QED) is 0.655. The highest BCUT2D eigenvalue weighted by molar-refractivity contribution is 5.39. The monoisotopic (exact) mass is 171 g/mol. The van der Waals surface area contributed by atoms with E-state index >= 15 is 0 Å². The second-order valence-electron chi connectivity index (χ2n) is 2.60. The number of hydrogen-bond acceptors (Lipinski definition) is 4. The van der Waals surface area contributed by atoms with Crippen LogP contribution in [0, 0.1) is 0 Å². The first-order valence-electron chi connectivity index (χ1n) is 3.84. The van der Waals surface area contributed by atoms with Gasteiger partial charge in [0.25, 0.3) is 0 Å². The molecule has 1 aromatic heterocycles. The summed E-state index contributed by atoms with van der Waals surface area (Å²) in [6.07, 6.45) is 2.40. The highest BCUT2D eigenvalue weighted by atomic mass is 16.5. The molecule has 0 atom stereocenters. The van der Waals surface area contributed by atoms with Gasteiger partial charge in [-0.15, -0.1) is 0 Å². The topological polar surface area (TPSA) is 75.3 Å². The first-order valence-corrected chi connectivity index (χ1v) is 3.84. The van der Waals surface area contributed by atoms with E-state index in [1.807, 2.05) is 11.9 Å². The lowest BCUT2D eigenvalue weighted by molar-refractivity contribution is 0.391. The maximum atomic E-state index is 11.0. The molecule has 0 fully saturated rings. The van der Waals surface area contributed by atoms with E-state index in [0.717, 1.165) is 13.0 Å². The standard InChI is InChI=1S/C7H13N3O2/c1-10(4-2-3-8)6-5-9-12-7(6)11/h5,9H,2-4,8H2,1H3. The molecule has 0 saturated heterocycles. The van der Waals surface area contributed by atoms with E-state index in [0.29, 0.717) is 12.2 Å². The van der Waals surface area contributed by atoms with E-state index in [1.165, 1.54) is 0 Å². The zero-order valence-electron chi connectivity index (χ0n) is 7.04. The number of aromatic amines is 1. The molecule has 0 amide bonds. The Balaban J connectivity index is 2.59. The number of H-pyrrole nitrogens is 1. The van der Waals surface area contributed by atoms with Gasteiger partial charge in [0.1, 0.15) is 5.69 Å². The summed E-state index contributed by atoms with van der Waals surface area (Å²) in [7, 11) is 1.83. The minimum Gasteiger partial charge on any atom is -0.367 e. The van der Waals surface area contributed by atoms with E-state index in [-0.39, 0.29) is 5.63 Å². The Hall–Kier alpha value is -1.23. The van der Waals surface area contributed by atoms with Gasteiger partial charge in [-0.25, -0.2) is 9.95 Å². The van der Waals surface area contributed by atoms with Crippen LogP contribution in [0.25, 0.3) is 0 Å². The van der Waals surface area contributed by atoms with Gasteiger partial charge < -0.3 is 15.2 Å². The maximum Gasteiger partial charge on any atom is 0.380 e. The van der Waals surface area contributed by atoms with E-state index in [4.69, 9.17) is 5.73 Å². The molecular weight excluding hydrogens is 158 g/mol. The smallest absolute Gasteiger partial charge is 0.367 e. The van der Waals surface area contributed by atoms with Crippen molar-refractivity contribution in [3.63, 3.8) is 0 Å². The summed E-state index contributed by atoms with van der Waals surface area (Å²) in [6, 6.07) is 0. The molecule has 0 aliphatic rings. The average Bonchev–Trinajstić information content (AvgIpc) is 2.47. The molecule has 5 nitrogen and oxygen atoms in total. The zero-order valence-corrected chi connectivity index (χ0v) is 7.04. The fraction of sp³-hybridized carbons (Fsp3) is 0.571. The third-order valence-electron chi connectivity index (χ3n) is 1.67. The number of nitrogens with one attached hydrogen (secondary N) is 1. The SMILES string of the molecule is CN(CCCN)c1c[nH]oc1=O. The van der Waals surface area contributed by atoms with Crippen molar-refractivity contribution in [3.05, 3.63) is 16.6 Å². The van der Waals surface area contributed by atoms with Gasteiger partial charge in [0, 0.05) is 13.6 Å². The lowest BCUT2D eigenvalue weighted by atomic mass is 10.4. The van der Waals surface area contributed by atoms with Crippen molar-refractivity contribution in [2.45, 2.75) is 6.42 Å². The van der Waals surface area contributed by atoms with Gasteiger partial charge in [-0.1, -0.05) is 0 Å². The predicted molar refractivity (Wildman–Crippen MR) is 46.3 cm³/mol. The van der Waals surface area contributed by atoms with Crippen molar-refractivity contribution in [3.8, 4) is 0 Å². The highest BCUT2D eigenvalue weighted by Gasteiger charge is 2.06. The summed E-state index contributed by atoms with van der Waals surface area (Å²) < 4.78 is 4.51. The predicted octanol–water partition coefficient (Wildman–Crippen LogP) is -0.247. The van der Waals surface area contributed by atoms with Crippen molar-refractivity contribution < 1.29 is 4.52 Å². The van der Waals surface area contributed by atoms with Crippen LogP contribution in [0.2, 0.25) is 0 Å². The molecule has 0 aromatic carbocycles. The van der Waals surface area contributed by atoms with Crippen LogP contribution in [0.3, 0.4) is 0 Å². The summed E-state index contributed by atoms with van der Waals surface area (Å²) >= 11 is 0. The molecular formula is C7H13N3O2. The second-order valence-corrected chi connectivity index (χ2v) is 2.60. The van der Waals surface area contributed by atoms with Crippen molar-refractivity contribution in [2.75, 3.05) is 25.0 Å². The van der Waals surface area contributed by atoms with Crippen molar-refractivity contribution in [2.24, 2.45) is 5.73 Å². The third kappa shape index (κ3) is 1.88. The van der Waals surface area contributed by atoms with Gasteiger partial charge in [-0.05, 0) is 13.0 Å². The van der Waals surface area contributed by atoms with Crippen LogP contribution in [-0.4, -0.2) is 25.3 Å². The minimum absolute atomic E-state index is 0.338. The largest absolute Gasteiger partial charge is 0.380 e. The second kappa shape index (κ2) is 3.96. The van der Waals surface area contributed by atoms with Crippen LogP contribution >= 0.6 is 0 Å². The molecule has 0 aliphatic carbocycles. The summed E-state index contributed by atoms with van der Waals surface area (Å²) in [5.74, 6) is 0. The Morgan fingerprint density at radius 1 is 1.75 bits per heavy atom. The highest BCUT2D eigenvalue weighted by Crippen LogP contribution is 2.03. The third-order valence-corrected chi connectivity index (χ3v) is 1.67. The lowest BCUT2D eigenvalue weighted by Gasteiger charge is -2.13. The van der Waals surface area contributed by atoms with Crippen molar-refractivity contribution >= 4 is 5.69 Å². The summed E-state index contributed by atoms with van der Waals surface area (Å²) in [5, 5.41) is 2.39. The van der Waals surface area contributed by atoms with E-state index in [9.17, 15) is 4.79 Å². The van der Waals surface area contributed by atoms with Gasteiger partial charge in [0.15, 0.2) is 0 Å². The number of nitrogens with zero attached hydrogens (tertiary/aromatic N) is 1. The molecule has 68 valence electrons. The Kier molecular flexibility index (Phi) is 2.93. The van der Waals surface area contributed by atoms with Gasteiger partial charge in [-0.2, -0.15) is 0 Å². The van der Waals surface area contributed by atoms with Crippen LogP contribution in [0.15, 0.2) is 15.5 Å². The molecule has 0 saturated carbocycles. The van der Waals surface area contributed by atoms with Crippen LogP contribution in [0.5, 0.6) is 0 Å². The number of aromatic nitrogens is 1. The van der Waals surface area contributed by atoms with Crippen molar-refractivity contribution in [1.82, 2.24) is 5.16 Å².